The first kappa shape index (κ1) is 17.1. The van der Waals surface area contributed by atoms with Crippen LogP contribution in [-0.2, 0) is 0 Å². The molecule has 0 bridgehead atoms. The van der Waals surface area contributed by atoms with Crippen molar-refractivity contribution < 1.29 is 14.3 Å². The smallest absolute Gasteiger partial charge is 0.269 e. The summed E-state index contributed by atoms with van der Waals surface area (Å²) < 4.78 is 11.1. The van der Waals surface area contributed by atoms with Gasteiger partial charge in [0.25, 0.3) is 5.91 Å². The van der Waals surface area contributed by atoms with Gasteiger partial charge in [0.15, 0.2) is 11.5 Å². The fraction of sp³-hybridized carbons (Fsp3) is 0.368. The number of benzene rings is 1. The number of anilines is 2. The molecule has 2 aromatic rings. The van der Waals surface area contributed by atoms with E-state index in [9.17, 15) is 4.79 Å². The van der Waals surface area contributed by atoms with Gasteiger partial charge in [-0.25, -0.2) is 0 Å². The molecule has 6 heteroatoms. The SMILES string of the molecule is CC(C)CCNC(=O)c1cc(Nc2ccc3c(c2)OCCO3)ccn1. The summed E-state index contributed by atoms with van der Waals surface area (Å²) in [5.41, 5.74) is 2.05. The molecule has 1 aliphatic rings. The highest BCUT2D eigenvalue weighted by Crippen LogP contribution is 2.33. The molecule has 132 valence electrons. The Hall–Kier alpha value is -2.76. The van der Waals surface area contributed by atoms with E-state index >= 15 is 0 Å². The number of ether oxygens (including phenoxy) is 2. The molecule has 0 radical (unpaired) electrons. The fourth-order valence-electron chi connectivity index (χ4n) is 2.49. The predicted octanol–water partition coefficient (Wildman–Crippen LogP) is 3.37. The lowest BCUT2D eigenvalue weighted by Crippen LogP contribution is -2.26. The van der Waals surface area contributed by atoms with Gasteiger partial charge >= 0.3 is 0 Å². The van der Waals surface area contributed by atoms with E-state index in [1.165, 1.54) is 0 Å². The lowest BCUT2D eigenvalue weighted by Gasteiger charge is -2.19. The summed E-state index contributed by atoms with van der Waals surface area (Å²) in [6.45, 7) is 6.02. The predicted molar refractivity (Wildman–Crippen MR) is 96.7 cm³/mol. The minimum absolute atomic E-state index is 0.161. The zero-order valence-corrected chi connectivity index (χ0v) is 14.5. The quantitative estimate of drug-likeness (QED) is 0.843. The van der Waals surface area contributed by atoms with Gasteiger partial charge in [-0.1, -0.05) is 13.8 Å². The number of carbonyl (C=O) groups excluding carboxylic acids is 1. The molecule has 0 spiro atoms. The van der Waals surface area contributed by atoms with Crippen molar-refractivity contribution in [3.05, 3.63) is 42.2 Å². The number of pyridine rings is 1. The summed E-state index contributed by atoms with van der Waals surface area (Å²) in [4.78, 5) is 16.3. The van der Waals surface area contributed by atoms with Gasteiger partial charge in [-0.2, -0.15) is 0 Å². The van der Waals surface area contributed by atoms with E-state index in [-0.39, 0.29) is 5.91 Å². The highest BCUT2D eigenvalue weighted by molar-refractivity contribution is 5.93. The summed E-state index contributed by atoms with van der Waals surface area (Å²) in [5, 5.41) is 6.16. The molecule has 0 unspecified atom stereocenters. The molecular weight excluding hydrogens is 318 g/mol. The van der Waals surface area contributed by atoms with Crippen LogP contribution in [0.15, 0.2) is 36.5 Å². The van der Waals surface area contributed by atoms with E-state index in [1.54, 1.807) is 12.3 Å². The van der Waals surface area contributed by atoms with Gasteiger partial charge in [0, 0.05) is 30.2 Å². The van der Waals surface area contributed by atoms with Crippen LogP contribution in [0.5, 0.6) is 11.5 Å². The first-order chi connectivity index (χ1) is 12.1. The topological polar surface area (TPSA) is 72.5 Å². The number of rotatable bonds is 6. The summed E-state index contributed by atoms with van der Waals surface area (Å²) in [6, 6.07) is 9.23. The molecule has 3 rings (SSSR count). The van der Waals surface area contributed by atoms with Crippen molar-refractivity contribution in [2.45, 2.75) is 20.3 Å². The lowest BCUT2D eigenvalue weighted by atomic mass is 10.1. The average molecular weight is 341 g/mol. The van der Waals surface area contributed by atoms with Crippen molar-refractivity contribution >= 4 is 17.3 Å². The van der Waals surface area contributed by atoms with E-state index < -0.39 is 0 Å². The Morgan fingerprint density at radius 1 is 1.12 bits per heavy atom. The van der Waals surface area contributed by atoms with Crippen LogP contribution in [0.4, 0.5) is 11.4 Å². The fourth-order valence-corrected chi connectivity index (χ4v) is 2.49. The molecule has 0 fully saturated rings. The molecule has 2 heterocycles. The molecule has 1 aliphatic heterocycles. The Kier molecular flexibility index (Phi) is 5.38. The Morgan fingerprint density at radius 3 is 2.68 bits per heavy atom. The van der Waals surface area contributed by atoms with Crippen molar-refractivity contribution in [1.82, 2.24) is 10.3 Å². The van der Waals surface area contributed by atoms with Crippen molar-refractivity contribution in [2.75, 3.05) is 25.1 Å². The van der Waals surface area contributed by atoms with Crippen LogP contribution in [0.3, 0.4) is 0 Å². The first-order valence-corrected chi connectivity index (χ1v) is 8.53. The molecular formula is C19H23N3O3. The second-order valence-corrected chi connectivity index (χ2v) is 6.35. The maximum Gasteiger partial charge on any atom is 0.269 e. The highest BCUT2D eigenvalue weighted by atomic mass is 16.6. The Labute approximate surface area is 147 Å². The molecule has 6 nitrogen and oxygen atoms in total. The third kappa shape index (κ3) is 4.62. The van der Waals surface area contributed by atoms with Gasteiger partial charge in [0.2, 0.25) is 0 Å². The molecule has 0 saturated carbocycles. The molecule has 0 atom stereocenters. The van der Waals surface area contributed by atoms with Gasteiger partial charge in [-0.3, -0.25) is 9.78 Å². The van der Waals surface area contributed by atoms with E-state index in [2.05, 4.69) is 29.5 Å². The standard InChI is InChI=1S/C19H23N3O3/c1-13(2)5-7-21-19(23)16-11-15(6-8-20-16)22-14-3-4-17-18(12-14)25-10-9-24-17/h3-4,6,8,11-13H,5,7,9-10H2,1-2H3,(H,20,22)(H,21,23). The van der Waals surface area contributed by atoms with Crippen LogP contribution >= 0.6 is 0 Å². The number of amides is 1. The minimum atomic E-state index is -0.161. The van der Waals surface area contributed by atoms with Gasteiger partial charge < -0.3 is 20.1 Å². The Morgan fingerprint density at radius 2 is 1.88 bits per heavy atom. The molecule has 0 saturated heterocycles. The number of hydrogen-bond acceptors (Lipinski definition) is 5. The number of nitrogens with one attached hydrogen (secondary N) is 2. The molecule has 0 aliphatic carbocycles. The van der Waals surface area contributed by atoms with Gasteiger partial charge in [-0.15, -0.1) is 0 Å². The number of aromatic nitrogens is 1. The molecule has 1 aromatic heterocycles. The summed E-state index contributed by atoms with van der Waals surface area (Å²) in [6.07, 6.45) is 2.57. The third-order valence-electron chi connectivity index (χ3n) is 3.83. The molecule has 2 N–H and O–H groups in total. The van der Waals surface area contributed by atoms with Crippen molar-refractivity contribution in [3.8, 4) is 11.5 Å². The van der Waals surface area contributed by atoms with Crippen molar-refractivity contribution in [2.24, 2.45) is 5.92 Å². The van der Waals surface area contributed by atoms with Gasteiger partial charge in [-0.05, 0) is 36.6 Å². The van der Waals surface area contributed by atoms with Gasteiger partial charge in [0.05, 0.1) is 0 Å². The lowest BCUT2D eigenvalue weighted by molar-refractivity contribution is 0.0947. The van der Waals surface area contributed by atoms with Crippen LogP contribution in [-0.4, -0.2) is 30.6 Å². The second-order valence-electron chi connectivity index (χ2n) is 6.35. The zero-order valence-electron chi connectivity index (χ0n) is 14.5. The number of fused-ring (bicyclic) bond motifs is 1. The van der Waals surface area contributed by atoms with Crippen molar-refractivity contribution in [3.63, 3.8) is 0 Å². The Bertz CT molecular complexity index is 746. The second kappa shape index (κ2) is 7.88. The number of hydrogen-bond donors (Lipinski definition) is 2. The number of nitrogens with zero attached hydrogens (tertiary/aromatic N) is 1. The molecule has 1 amide bonds. The van der Waals surface area contributed by atoms with Crippen LogP contribution in [0.25, 0.3) is 0 Å². The monoisotopic (exact) mass is 341 g/mol. The maximum atomic E-state index is 12.2. The first-order valence-electron chi connectivity index (χ1n) is 8.53. The summed E-state index contributed by atoms with van der Waals surface area (Å²) in [5.74, 6) is 1.86. The highest BCUT2D eigenvalue weighted by Gasteiger charge is 2.12. The average Bonchev–Trinajstić information content (AvgIpc) is 2.61. The van der Waals surface area contributed by atoms with Gasteiger partial charge in [0.1, 0.15) is 18.9 Å². The third-order valence-corrected chi connectivity index (χ3v) is 3.83. The summed E-state index contributed by atoms with van der Waals surface area (Å²) in [7, 11) is 0. The van der Waals surface area contributed by atoms with E-state index in [1.807, 2.05) is 24.3 Å². The van der Waals surface area contributed by atoms with E-state index in [0.717, 1.165) is 29.3 Å². The van der Waals surface area contributed by atoms with Crippen LogP contribution < -0.4 is 20.1 Å². The summed E-state index contributed by atoms with van der Waals surface area (Å²) >= 11 is 0. The normalized spacial score (nSPS) is 12.8. The van der Waals surface area contributed by atoms with Crippen LogP contribution in [0.2, 0.25) is 0 Å². The maximum absolute atomic E-state index is 12.2. The molecule has 25 heavy (non-hydrogen) atoms. The van der Waals surface area contributed by atoms with E-state index in [4.69, 9.17) is 9.47 Å². The molecule has 1 aromatic carbocycles. The largest absolute Gasteiger partial charge is 0.486 e. The van der Waals surface area contributed by atoms with Crippen molar-refractivity contribution in [1.29, 1.82) is 0 Å². The van der Waals surface area contributed by atoms with Crippen LogP contribution in [0.1, 0.15) is 30.8 Å². The van der Waals surface area contributed by atoms with E-state index in [0.29, 0.717) is 31.4 Å². The van der Waals surface area contributed by atoms with Crippen LogP contribution in [0, 0.1) is 5.92 Å². The number of carbonyl (C=O) groups is 1. The minimum Gasteiger partial charge on any atom is -0.486 e. The Balaban J connectivity index is 1.66. The zero-order chi connectivity index (χ0) is 17.6.